The molecular formula is C21H33NO3. The van der Waals surface area contributed by atoms with Gasteiger partial charge < -0.3 is 10.1 Å². The molecule has 0 saturated carbocycles. The average Bonchev–Trinajstić information content (AvgIpc) is 2.60. The van der Waals surface area contributed by atoms with E-state index in [0.717, 1.165) is 12.8 Å². The lowest BCUT2D eigenvalue weighted by Gasteiger charge is -2.06. The third-order valence-electron chi connectivity index (χ3n) is 4.12. The van der Waals surface area contributed by atoms with Crippen LogP contribution in [0.15, 0.2) is 30.3 Å². The Hall–Kier alpha value is -1.84. The van der Waals surface area contributed by atoms with Gasteiger partial charge >= 0.3 is 5.97 Å². The first-order valence-electron chi connectivity index (χ1n) is 9.73. The summed E-state index contributed by atoms with van der Waals surface area (Å²) >= 11 is 0. The van der Waals surface area contributed by atoms with Gasteiger partial charge in [0.25, 0.3) is 0 Å². The molecule has 0 spiro atoms. The highest BCUT2D eigenvalue weighted by atomic mass is 16.5. The molecule has 4 nitrogen and oxygen atoms in total. The lowest BCUT2D eigenvalue weighted by atomic mass is 10.1. The zero-order valence-corrected chi connectivity index (χ0v) is 15.6. The summed E-state index contributed by atoms with van der Waals surface area (Å²) in [4.78, 5) is 23.3. The van der Waals surface area contributed by atoms with Crippen molar-refractivity contribution in [2.24, 2.45) is 0 Å². The Morgan fingerprint density at radius 3 is 2.00 bits per heavy atom. The average molecular weight is 347 g/mol. The molecule has 0 aliphatic heterocycles. The second kappa shape index (κ2) is 14.5. The van der Waals surface area contributed by atoms with Gasteiger partial charge in [-0.2, -0.15) is 0 Å². The van der Waals surface area contributed by atoms with E-state index in [1.54, 1.807) is 12.1 Å². The van der Waals surface area contributed by atoms with Crippen molar-refractivity contribution in [3.63, 3.8) is 0 Å². The molecule has 0 bridgehead atoms. The molecule has 1 aromatic rings. The van der Waals surface area contributed by atoms with Crippen LogP contribution in [0.1, 0.15) is 77.6 Å². The van der Waals surface area contributed by atoms with Crippen molar-refractivity contribution in [1.29, 1.82) is 0 Å². The lowest BCUT2D eigenvalue weighted by Crippen LogP contribution is -2.18. The lowest BCUT2D eigenvalue weighted by molar-refractivity contribution is -0.145. The van der Waals surface area contributed by atoms with Crippen LogP contribution in [0.2, 0.25) is 0 Å². The first-order chi connectivity index (χ1) is 12.2. The van der Waals surface area contributed by atoms with E-state index in [9.17, 15) is 9.59 Å². The number of ether oxygens (including phenoxy) is 1. The van der Waals surface area contributed by atoms with E-state index in [1.807, 2.05) is 18.2 Å². The van der Waals surface area contributed by atoms with Crippen molar-refractivity contribution in [3.05, 3.63) is 30.3 Å². The molecule has 1 rings (SSSR count). The SMILES string of the molecule is CCCCCCCCCCCCOC(=O)CC(=O)Nc1ccccc1. The molecule has 0 aliphatic carbocycles. The number of rotatable bonds is 14. The molecule has 4 heteroatoms. The third-order valence-corrected chi connectivity index (χ3v) is 4.12. The summed E-state index contributed by atoms with van der Waals surface area (Å²) in [6.07, 6.45) is 12.2. The van der Waals surface area contributed by atoms with Gasteiger partial charge in [-0.3, -0.25) is 9.59 Å². The van der Waals surface area contributed by atoms with Crippen LogP contribution in [0.25, 0.3) is 0 Å². The van der Waals surface area contributed by atoms with E-state index in [2.05, 4.69) is 12.2 Å². The van der Waals surface area contributed by atoms with E-state index >= 15 is 0 Å². The Labute approximate surface area is 152 Å². The maximum absolute atomic E-state index is 11.7. The highest BCUT2D eigenvalue weighted by molar-refractivity contribution is 6.01. The largest absolute Gasteiger partial charge is 0.465 e. The number of carbonyl (C=O) groups excluding carboxylic acids is 2. The van der Waals surface area contributed by atoms with Crippen LogP contribution in [0.3, 0.4) is 0 Å². The number of amides is 1. The Balaban J connectivity index is 1.92. The summed E-state index contributed by atoms with van der Waals surface area (Å²) < 4.78 is 5.12. The zero-order valence-electron chi connectivity index (χ0n) is 15.6. The normalized spacial score (nSPS) is 10.4. The summed E-state index contributed by atoms with van der Waals surface area (Å²) in [5, 5.41) is 2.68. The molecule has 0 heterocycles. The molecular weight excluding hydrogens is 314 g/mol. The van der Waals surface area contributed by atoms with Gasteiger partial charge in [-0.05, 0) is 18.6 Å². The van der Waals surface area contributed by atoms with Crippen molar-refractivity contribution in [1.82, 2.24) is 0 Å². The first-order valence-corrected chi connectivity index (χ1v) is 9.73. The van der Waals surface area contributed by atoms with Gasteiger partial charge in [0.1, 0.15) is 6.42 Å². The fourth-order valence-electron chi connectivity index (χ4n) is 2.68. The van der Waals surface area contributed by atoms with Gasteiger partial charge in [-0.15, -0.1) is 0 Å². The molecule has 1 aromatic carbocycles. The zero-order chi connectivity index (χ0) is 18.2. The minimum Gasteiger partial charge on any atom is -0.465 e. The number of nitrogens with one attached hydrogen (secondary N) is 1. The highest BCUT2D eigenvalue weighted by Gasteiger charge is 2.10. The predicted molar refractivity (Wildman–Crippen MR) is 102 cm³/mol. The number of carbonyl (C=O) groups is 2. The summed E-state index contributed by atoms with van der Waals surface area (Å²) in [7, 11) is 0. The van der Waals surface area contributed by atoms with Crippen LogP contribution in [-0.2, 0) is 14.3 Å². The summed E-state index contributed by atoms with van der Waals surface area (Å²) in [6, 6.07) is 9.11. The monoisotopic (exact) mass is 347 g/mol. The fraction of sp³-hybridized carbons (Fsp3) is 0.619. The van der Waals surface area contributed by atoms with Crippen molar-refractivity contribution < 1.29 is 14.3 Å². The number of anilines is 1. The fourth-order valence-corrected chi connectivity index (χ4v) is 2.68. The summed E-state index contributed by atoms with van der Waals surface area (Å²) in [5.41, 5.74) is 0.690. The van der Waals surface area contributed by atoms with Gasteiger partial charge in [0.2, 0.25) is 5.91 Å². The standard InChI is InChI=1S/C21H33NO3/c1-2-3-4-5-6-7-8-9-10-14-17-25-21(24)18-20(23)22-19-15-12-11-13-16-19/h11-13,15-16H,2-10,14,17-18H2,1H3,(H,22,23). The number of para-hydroxylation sites is 1. The molecule has 0 unspecified atom stereocenters. The highest BCUT2D eigenvalue weighted by Crippen LogP contribution is 2.10. The van der Waals surface area contributed by atoms with Gasteiger partial charge in [0.05, 0.1) is 6.61 Å². The van der Waals surface area contributed by atoms with E-state index < -0.39 is 5.97 Å². The Morgan fingerprint density at radius 2 is 1.40 bits per heavy atom. The van der Waals surface area contributed by atoms with Crippen molar-refractivity contribution in [2.45, 2.75) is 77.6 Å². The molecule has 0 atom stereocenters. The minimum absolute atomic E-state index is 0.230. The van der Waals surface area contributed by atoms with Crippen LogP contribution in [0, 0.1) is 0 Å². The van der Waals surface area contributed by atoms with Crippen LogP contribution in [-0.4, -0.2) is 18.5 Å². The Morgan fingerprint density at radius 1 is 0.840 bits per heavy atom. The molecule has 1 amide bonds. The van der Waals surface area contributed by atoms with Crippen molar-refractivity contribution >= 4 is 17.6 Å². The van der Waals surface area contributed by atoms with E-state index in [0.29, 0.717) is 12.3 Å². The Kier molecular flexibility index (Phi) is 12.3. The molecule has 0 aliphatic rings. The minimum atomic E-state index is -0.454. The van der Waals surface area contributed by atoms with Gasteiger partial charge in [0.15, 0.2) is 0 Å². The van der Waals surface area contributed by atoms with Gasteiger partial charge in [-0.1, -0.05) is 82.9 Å². The maximum atomic E-state index is 11.7. The van der Waals surface area contributed by atoms with Crippen LogP contribution < -0.4 is 5.32 Å². The molecule has 0 aromatic heterocycles. The molecule has 0 fully saturated rings. The van der Waals surface area contributed by atoms with Crippen LogP contribution in [0.4, 0.5) is 5.69 Å². The molecule has 1 N–H and O–H groups in total. The number of hydrogen-bond acceptors (Lipinski definition) is 3. The number of benzene rings is 1. The number of hydrogen-bond donors (Lipinski definition) is 1. The molecule has 0 radical (unpaired) electrons. The number of unbranched alkanes of at least 4 members (excludes halogenated alkanes) is 9. The van der Waals surface area contributed by atoms with E-state index in [1.165, 1.54) is 51.4 Å². The third kappa shape index (κ3) is 12.2. The topological polar surface area (TPSA) is 55.4 Å². The van der Waals surface area contributed by atoms with Crippen LogP contribution >= 0.6 is 0 Å². The van der Waals surface area contributed by atoms with E-state index in [-0.39, 0.29) is 12.3 Å². The Bertz CT molecular complexity index is 473. The van der Waals surface area contributed by atoms with Crippen LogP contribution in [0.5, 0.6) is 0 Å². The smallest absolute Gasteiger partial charge is 0.315 e. The predicted octanol–water partition coefficient (Wildman–Crippen LogP) is 5.48. The quantitative estimate of drug-likeness (QED) is 0.275. The van der Waals surface area contributed by atoms with Crippen molar-refractivity contribution in [3.8, 4) is 0 Å². The van der Waals surface area contributed by atoms with E-state index in [4.69, 9.17) is 4.74 Å². The summed E-state index contributed by atoms with van der Waals surface area (Å²) in [5.74, 6) is -0.788. The van der Waals surface area contributed by atoms with Gasteiger partial charge in [-0.25, -0.2) is 0 Å². The first kappa shape index (κ1) is 21.2. The molecule has 0 saturated heterocycles. The molecule has 25 heavy (non-hydrogen) atoms. The summed E-state index contributed by atoms with van der Waals surface area (Å²) in [6.45, 7) is 2.65. The van der Waals surface area contributed by atoms with Gasteiger partial charge in [0, 0.05) is 5.69 Å². The number of esters is 1. The maximum Gasteiger partial charge on any atom is 0.315 e. The second-order valence-corrected chi connectivity index (χ2v) is 6.49. The van der Waals surface area contributed by atoms with Crippen molar-refractivity contribution in [2.75, 3.05) is 11.9 Å². The second-order valence-electron chi connectivity index (χ2n) is 6.49. The molecule has 140 valence electrons.